The lowest BCUT2D eigenvalue weighted by atomic mass is 10.1. The molecule has 2 aromatic carbocycles. The lowest BCUT2D eigenvalue weighted by Gasteiger charge is -2.19. The number of carbonyl (C=O) groups is 1. The van der Waals surface area contributed by atoms with Crippen LogP contribution >= 0.6 is 0 Å². The molecule has 0 fully saturated rings. The summed E-state index contributed by atoms with van der Waals surface area (Å²) in [6, 6.07) is 14.5. The zero-order valence-electron chi connectivity index (χ0n) is 11.6. The Labute approximate surface area is 118 Å². The molecule has 4 heteroatoms. The van der Waals surface area contributed by atoms with Crippen molar-refractivity contribution in [3.8, 4) is 0 Å². The maximum atomic E-state index is 12.0. The van der Waals surface area contributed by atoms with Gasteiger partial charge in [-0.1, -0.05) is 36.4 Å². The molecule has 104 valence electrons. The minimum Gasteiger partial charge on any atom is -0.467 e. The summed E-state index contributed by atoms with van der Waals surface area (Å²) in [7, 11) is 1.37. The second-order valence-corrected chi connectivity index (χ2v) is 4.60. The fraction of sp³-hybridized carbons (Fsp3) is 0.188. The summed E-state index contributed by atoms with van der Waals surface area (Å²) in [6.45, 7) is 1.97. The number of methoxy groups -OCH3 is 1. The van der Waals surface area contributed by atoms with Gasteiger partial charge in [-0.15, -0.1) is 0 Å². The van der Waals surface area contributed by atoms with Crippen LogP contribution in [-0.2, 0) is 9.53 Å². The van der Waals surface area contributed by atoms with Crippen LogP contribution in [0.2, 0.25) is 0 Å². The molecule has 0 saturated heterocycles. The summed E-state index contributed by atoms with van der Waals surface area (Å²) >= 11 is 0. The van der Waals surface area contributed by atoms with Crippen molar-refractivity contribution in [2.24, 2.45) is 0 Å². The second kappa shape index (κ2) is 6.10. The molecular formula is C16H18N2O2. The molecule has 2 rings (SSSR count). The van der Waals surface area contributed by atoms with Crippen molar-refractivity contribution in [3.05, 3.63) is 59.7 Å². The van der Waals surface area contributed by atoms with Crippen molar-refractivity contribution in [2.45, 2.75) is 13.0 Å². The summed E-state index contributed by atoms with van der Waals surface area (Å²) < 4.78 is 4.86. The maximum absolute atomic E-state index is 12.0. The van der Waals surface area contributed by atoms with Gasteiger partial charge in [0.2, 0.25) is 0 Å². The van der Waals surface area contributed by atoms with Crippen LogP contribution in [0.4, 0.5) is 11.4 Å². The molecule has 0 bridgehead atoms. The first-order chi connectivity index (χ1) is 9.61. The Bertz CT molecular complexity index is 597. The number of hydrogen-bond acceptors (Lipinski definition) is 4. The molecule has 0 aliphatic heterocycles. The number of esters is 1. The number of anilines is 2. The van der Waals surface area contributed by atoms with Crippen molar-refractivity contribution in [3.63, 3.8) is 0 Å². The predicted octanol–water partition coefficient (Wildman–Crippen LogP) is 2.90. The van der Waals surface area contributed by atoms with Gasteiger partial charge in [0.05, 0.1) is 18.5 Å². The van der Waals surface area contributed by atoms with E-state index < -0.39 is 6.04 Å². The Morgan fingerprint density at radius 2 is 1.90 bits per heavy atom. The Morgan fingerprint density at radius 1 is 1.20 bits per heavy atom. The van der Waals surface area contributed by atoms with Gasteiger partial charge in [-0.3, -0.25) is 0 Å². The van der Waals surface area contributed by atoms with E-state index in [9.17, 15) is 4.79 Å². The number of nitrogen functional groups attached to an aromatic ring is 1. The summed E-state index contributed by atoms with van der Waals surface area (Å²) in [6.07, 6.45) is 0. The molecule has 0 heterocycles. The lowest BCUT2D eigenvalue weighted by Crippen LogP contribution is -2.22. The van der Waals surface area contributed by atoms with Crippen LogP contribution in [0.1, 0.15) is 17.2 Å². The molecule has 0 spiro atoms. The largest absolute Gasteiger partial charge is 0.467 e. The first kappa shape index (κ1) is 13.9. The Morgan fingerprint density at radius 3 is 2.50 bits per heavy atom. The standard InChI is InChI=1S/C16H18N2O2/c1-11-8-9-14(13(17)10-11)18-15(16(19)20-2)12-6-4-3-5-7-12/h3-10,15,18H,17H2,1-2H3. The van der Waals surface area contributed by atoms with Crippen molar-refractivity contribution < 1.29 is 9.53 Å². The third-order valence-electron chi connectivity index (χ3n) is 3.08. The number of hydrogen-bond donors (Lipinski definition) is 2. The normalized spacial score (nSPS) is 11.7. The number of carbonyl (C=O) groups excluding carboxylic acids is 1. The highest BCUT2D eigenvalue weighted by Gasteiger charge is 2.21. The van der Waals surface area contributed by atoms with E-state index in [-0.39, 0.29) is 5.97 Å². The number of nitrogens with two attached hydrogens (primary N) is 1. The van der Waals surface area contributed by atoms with Gasteiger partial charge in [0, 0.05) is 0 Å². The van der Waals surface area contributed by atoms with E-state index in [1.165, 1.54) is 7.11 Å². The van der Waals surface area contributed by atoms with E-state index in [2.05, 4.69) is 5.32 Å². The van der Waals surface area contributed by atoms with Crippen molar-refractivity contribution in [1.82, 2.24) is 0 Å². The van der Waals surface area contributed by atoms with Crippen molar-refractivity contribution in [2.75, 3.05) is 18.2 Å². The predicted molar refractivity (Wildman–Crippen MR) is 80.4 cm³/mol. The van der Waals surface area contributed by atoms with Crippen LogP contribution in [-0.4, -0.2) is 13.1 Å². The Balaban J connectivity index is 2.31. The van der Waals surface area contributed by atoms with Gasteiger partial charge < -0.3 is 15.8 Å². The highest BCUT2D eigenvalue weighted by molar-refractivity contribution is 5.82. The summed E-state index contributed by atoms with van der Waals surface area (Å²) in [5.74, 6) is -0.351. The van der Waals surface area contributed by atoms with Gasteiger partial charge >= 0.3 is 5.97 Å². The number of rotatable bonds is 4. The van der Waals surface area contributed by atoms with Crippen LogP contribution in [0.15, 0.2) is 48.5 Å². The molecule has 0 saturated carbocycles. The van der Waals surface area contributed by atoms with E-state index in [1.807, 2.05) is 55.5 Å². The minimum absolute atomic E-state index is 0.351. The Hall–Kier alpha value is -2.49. The van der Waals surface area contributed by atoms with Crippen LogP contribution in [0, 0.1) is 6.92 Å². The molecule has 4 nitrogen and oxygen atoms in total. The molecule has 0 amide bonds. The third-order valence-corrected chi connectivity index (χ3v) is 3.08. The van der Waals surface area contributed by atoms with E-state index in [1.54, 1.807) is 0 Å². The fourth-order valence-corrected chi connectivity index (χ4v) is 2.01. The minimum atomic E-state index is -0.578. The van der Waals surface area contributed by atoms with Gasteiger partial charge in [-0.2, -0.15) is 0 Å². The van der Waals surface area contributed by atoms with E-state index in [0.29, 0.717) is 5.69 Å². The Kier molecular flexibility index (Phi) is 4.25. The number of nitrogens with one attached hydrogen (secondary N) is 1. The van der Waals surface area contributed by atoms with Gasteiger partial charge in [0.25, 0.3) is 0 Å². The van der Waals surface area contributed by atoms with Crippen molar-refractivity contribution >= 4 is 17.3 Å². The molecule has 0 radical (unpaired) electrons. The molecule has 1 unspecified atom stereocenters. The highest BCUT2D eigenvalue weighted by atomic mass is 16.5. The molecule has 3 N–H and O–H groups in total. The van der Waals surface area contributed by atoms with Crippen molar-refractivity contribution in [1.29, 1.82) is 0 Å². The number of aryl methyl sites for hydroxylation is 1. The monoisotopic (exact) mass is 270 g/mol. The maximum Gasteiger partial charge on any atom is 0.332 e. The van der Waals surface area contributed by atoms with Crippen LogP contribution < -0.4 is 11.1 Å². The smallest absolute Gasteiger partial charge is 0.332 e. The second-order valence-electron chi connectivity index (χ2n) is 4.60. The number of ether oxygens (including phenoxy) is 1. The van der Waals surface area contributed by atoms with E-state index in [0.717, 1.165) is 16.8 Å². The summed E-state index contributed by atoms with van der Waals surface area (Å²) in [5.41, 5.74) is 9.20. The van der Waals surface area contributed by atoms with E-state index in [4.69, 9.17) is 10.5 Å². The average molecular weight is 270 g/mol. The van der Waals surface area contributed by atoms with Crippen LogP contribution in [0.5, 0.6) is 0 Å². The molecule has 2 aromatic rings. The molecule has 0 aliphatic carbocycles. The van der Waals surface area contributed by atoms with Gasteiger partial charge in [0.15, 0.2) is 6.04 Å². The van der Waals surface area contributed by atoms with Crippen LogP contribution in [0.25, 0.3) is 0 Å². The van der Waals surface area contributed by atoms with Gasteiger partial charge in [-0.25, -0.2) is 4.79 Å². The molecule has 0 aliphatic rings. The average Bonchev–Trinajstić information content (AvgIpc) is 2.46. The van der Waals surface area contributed by atoms with Gasteiger partial charge in [-0.05, 0) is 30.2 Å². The zero-order valence-corrected chi connectivity index (χ0v) is 11.6. The van der Waals surface area contributed by atoms with E-state index >= 15 is 0 Å². The molecular weight excluding hydrogens is 252 g/mol. The zero-order chi connectivity index (χ0) is 14.5. The van der Waals surface area contributed by atoms with Crippen LogP contribution in [0.3, 0.4) is 0 Å². The first-order valence-electron chi connectivity index (χ1n) is 6.37. The van der Waals surface area contributed by atoms with Gasteiger partial charge in [0.1, 0.15) is 0 Å². The quantitative estimate of drug-likeness (QED) is 0.662. The lowest BCUT2D eigenvalue weighted by molar-refractivity contribution is -0.141. The first-order valence-corrected chi connectivity index (χ1v) is 6.37. The topological polar surface area (TPSA) is 64.3 Å². The third kappa shape index (κ3) is 3.09. The summed E-state index contributed by atoms with van der Waals surface area (Å²) in [4.78, 5) is 12.0. The number of benzene rings is 2. The molecule has 0 aromatic heterocycles. The SMILES string of the molecule is COC(=O)C(Nc1ccc(C)cc1N)c1ccccc1. The highest BCUT2D eigenvalue weighted by Crippen LogP contribution is 2.26. The molecule has 20 heavy (non-hydrogen) atoms. The molecule has 1 atom stereocenters. The fourth-order valence-electron chi connectivity index (χ4n) is 2.01. The summed E-state index contributed by atoms with van der Waals surface area (Å²) in [5, 5.41) is 3.14.